The van der Waals surface area contributed by atoms with E-state index < -0.39 is 0 Å². The average Bonchev–Trinajstić information content (AvgIpc) is 2.88. The highest BCUT2D eigenvalue weighted by Gasteiger charge is 2.47. The first-order valence-corrected chi connectivity index (χ1v) is 7.95. The zero-order valence-corrected chi connectivity index (χ0v) is 12.2. The minimum Gasteiger partial charge on any atom is -0.372 e. The third-order valence-corrected chi connectivity index (χ3v) is 5.39. The Morgan fingerprint density at radius 1 is 1.28 bits per heavy atom. The van der Waals surface area contributed by atoms with E-state index in [0.717, 1.165) is 13.2 Å². The summed E-state index contributed by atoms with van der Waals surface area (Å²) in [5.74, 6) is 0. The van der Waals surface area contributed by atoms with E-state index in [1.807, 2.05) is 0 Å². The van der Waals surface area contributed by atoms with Gasteiger partial charge in [-0.1, -0.05) is 13.8 Å². The van der Waals surface area contributed by atoms with Crippen molar-refractivity contribution in [2.75, 3.05) is 13.2 Å². The molecule has 3 rings (SSSR count). The average molecular weight is 265 g/mol. The van der Waals surface area contributed by atoms with E-state index >= 15 is 0 Å². The summed E-state index contributed by atoms with van der Waals surface area (Å²) < 4.78 is 6.28. The summed E-state index contributed by atoms with van der Waals surface area (Å²) in [6, 6.07) is 2.65. The quantitative estimate of drug-likeness (QED) is 0.835. The van der Waals surface area contributed by atoms with E-state index in [4.69, 9.17) is 4.74 Å². The van der Waals surface area contributed by atoms with Gasteiger partial charge in [-0.15, -0.1) is 0 Å². The summed E-state index contributed by atoms with van der Waals surface area (Å²) in [6.07, 6.45) is 4.92. The van der Waals surface area contributed by atoms with Gasteiger partial charge in [0.1, 0.15) is 0 Å². The molecule has 18 heavy (non-hydrogen) atoms. The highest BCUT2D eigenvalue weighted by atomic mass is 32.1. The maximum atomic E-state index is 6.28. The zero-order chi connectivity index (χ0) is 12.6. The Kier molecular flexibility index (Phi) is 3.25. The maximum absolute atomic E-state index is 6.28. The lowest BCUT2D eigenvalue weighted by Gasteiger charge is -2.50. The fraction of sp³-hybridized carbons (Fsp3) is 0.733. The van der Waals surface area contributed by atoms with Gasteiger partial charge < -0.3 is 10.1 Å². The Morgan fingerprint density at radius 2 is 2.06 bits per heavy atom. The minimum atomic E-state index is 0.0504. The fourth-order valence-electron chi connectivity index (χ4n) is 3.37. The molecule has 1 aliphatic heterocycles. The van der Waals surface area contributed by atoms with Crippen molar-refractivity contribution >= 4 is 11.3 Å². The van der Waals surface area contributed by atoms with Gasteiger partial charge in [0.2, 0.25) is 0 Å². The van der Waals surface area contributed by atoms with Crippen molar-refractivity contribution in [3.63, 3.8) is 0 Å². The molecule has 3 heteroatoms. The van der Waals surface area contributed by atoms with Crippen LogP contribution in [0.15, 0.2) is 16.8 Å². The second-order valence-corrected chi connectivity index (χ2v) is 7.30. The number of rotatable bonds is 1. The summed E-state index contributed by atoms with van der Waals surface area (Å²) in [5, 5.41) is 8.14. The molecule has 1 saturated carbocycles. The van der Waals surface area contributed by atoms with Crippen LogP contribution in [0.3, 0.4) is 0 Å². The van der Waals surface area contributed by atoms with Gasteiger partial charge in [0.25, 0.3) is 0 Å². The van der Waals surface area contributed by atoms with Crippen molar-refractivity contribution in [1.29, 1.82) is 0 Å². The highest BCUT2D eigenvalue weighted by Crippen LogP contribution is 2.48. The zero-order valence-electron chi connectivity index (χ0n) is 11.4. The number of nitrogens with one attached hydrogen (secondary N) is 1. The largest absolute Gasteiger partial charge is 0.372 e. The van der Waals surface area contributed by atoms with Crippen LogP contribution in [0.1, 0.15) is 51.1 Å². The lowest BCUT2D eigenvalue weighted by molar-refractivity contribution is -0.132. The van der Waals surface area contributed by atoms with E-state index in [0.29, 0.717) is 11.5 Å². The van der Waals surface area contributed by atoms with Gasteiger partial charge in [-0.25, -0.2) is 0 Å². The lowest BCUT2D eigenvalue weighted by Crippen LogP contribution is -2.54. The van der Waals surface area contributed by atoms with Crippen LogP contribution >= 0.6 is 11.3 Å². The van der Waals surface area contributed by atoms with E-state index in [1.165, 1.54) is 31.2 Å². The van der Waals surface area contributed by atoms with Crippen LogP contribution in [-0.2, 0) is 4.74 Å². The molecular formula is C15H23NOS. The second-order valence-electron chi connectivity index (χ2n) is 6.52. The molecule has 0 amide bonds. The van der Waals surface area contributed by atoms with Crippen molar-refractivity contribution in [2.45, 2.75) is 51.2 Å². The molecule has 2 nitrogen and oxygen atoms in total. The van der Waals surface area contributed by atoms with Gasteiger partial charge in [-0.05, 0) is 53.5 Å². The molecular weight excluding hydrogens is 242 g/mol. The van der Waals surface area contributed by atoms with Crippen LogP contribution in [-0.4, -0.2) is 18.8 Å². The molecule has 0 bridgehead atoms. The minimum absolute atomic E-state index is 0.0504. The number of ether oxygens (including phenoxy) is 1. The Hall–Kier alpha value is -0.380. The molecule has 1 atom stereocenters. The van der Waals surface area contributed by atoms with Crippen LogP contribution in [0, 0.1) is 5.41 Å². The van der Waals surface area contributed by atoms with Gasteiger partial charge >= 0.3 is 0 Å². The van der Waals surface area contributed by atoms with Gasteiger partial charge in [-0.3, -0.25) is 0 Å². The summed E-state index contributed by atoms with van der Waals surface area (Å²) in [5.41, 5.74) is 1.96. The first-order valence-electron chi connectivity index (χ1n) is 7.01. The van der Waals surface area contributed by atoms with Crippen molar-refractivity contribution in [3.8, 4) is 0 Å². The Balaban J connectivity index is 1.84. The number of hydrogen-bond donors (Lipinski definition) is 1. The van der Waals surface area contributed by atoms with Crippen LogP contribution in [0.25, 0.3) is 0 Å². The van der Waals surface area contributed by atoms with E-state index in [-0.39, 0.29) is 5.60 Å². The third kappa shape index (κ3) is 2.24. The van der Waals surface area contributed by atoms with Crippen LogP contribution < -0.4 is 5.32 Å². The fourth-order valence-corrected chi connectivity index (χ4v) is 4.06. The molecule has 1 saturated heterocycles. The molecule has 1 aromatic heterocycles. The Labute approximate surface area is 114 Å². The molecule has 1 unspecified atom stereocenters. The van der Waals surface area contributed by atoms with Gasteiger partial charge in [-0.2, -0.15) is 11.3 Å². The van der Waals surface area contributed by atoms with E-state index in [9.17, 15) is 0 Å². The van der Waals surface area contributed by atoms with Crippen molar-refractivity contribution in [3.05, 3.63) is 22.4 Å². The van der Waals surface area contributed by atoms with Crippen LogP contribution in [0.5, 0.6) is 0 Å². The predicted molar refractivity (Wildman–Crippen MR) is 76.0 cm³/mol. The molecule has 1 aliphatic carbocycles. The summed E-state index contributed by atoms with van der Waals surface area (Å²) in [4.78, 5) is 0. The molecule has 100 valence electrons. The molecule has 1 aromatic rings. The second kappa shape index (κ2) is 4.62. The topological polar surface area (TPSA) is 21.3 Å². The Morgan fingerprint density at radius 3 is 2.72 bits per heavy atom. The van der Waals surface area contributed by atoms with Crippen molar-refractivity contribution < 1.29 is 4.74 Å². The van der Waals surface area contributed by atoms with Crippen molar-refractivity contribution in [2.24, 2.45) is 5.41 Å². The number of thiophene rings is 1. The molecule has 1 N–H and O–H groups in total. The van der Waals surface area contributed by atoms with Crippen molar-refractivity contribution in [1.82, 2.24) is 5.32 Å². The standard InChI is InChI=1S/C15H23NOS/c1-14(2)4-6-15(7-5-14)13(16-8-9-17-15)12-3-10-18-11-12/h3,10-11,13,16H,4-9H2,1-2H3. The predicted octanol–water partition coefficient (Wildman–Crippen LogP) is 3.75. The molecule has 2 heterocycles. The van der Waals surface area contributed by atoms with Gasteiger partial charge in [0.15, 0.2) is 0 Å². The molecule has 0 radical (unpaired) electrons. The normalized spacial score (nSPS) is 30.4. The summed E-state index contributed by atoms with van der Waals surface area (Å²) in [6.45, 7) is 6.61. The van der Waals surface area contributed by atoms with Crippen LogP contribution in [0.4, 0.5) is 0 Å². The van der Waals surface area contributed by atoms with E-state index in [2.05, 4.69) is 36.0 Å². The maximum Gasteiger partial charge on any atom is 0.0877 e. The molecule has 2 fully saturated rings. The summed E-state index contributed by atoms with van der Waals surface area (Å²) in [7, 11) is 0. The van der Waals surface area contributed by atoms with Gasteiger partial charge in [0.05, 0.1) is 18.2 Å². The third-order valence-electron chi connectivity index (χ3n) is 4.69. The first kappa shape index (κ1) is 12.6. The molecule has 2 aliphatic rings. The smallest absolute Gasteiger partial charge is 0.0877 e. The van der Waals surface area contributed by atoms with Crippen LogP contribution in [0.2, 0.25) is 0 Å². The lowest BCUT2D eigenvalue weighted by atomic mass is 9.67. The monoisotopic (exact) mass is 265 g/mol. The van der Waals surface area contributed by atoms with Gasteiger partial charge in [0, 0.05) is 6.54 Å². The first-order chi connectivity index (χ1) is 8.61. The highest BCUT2D eigenvalue weighted by molar-refractivity contribution is 7.07. The molecule has 0 aromatic carbocycles. The Bertz CT molecular complexity index is 389. The number of morpholine rings is 1. The number of hydrogen-bond acceptors (Lipinski definition) is 3. The SMILES string of the molecule is CC1(C)CCC2(CC1)OCCNC2c1ccsc1. The van der Waals surface area contributed by atoms with E-state index in [1.54, 1.807) is 11.3 Å². The molecule has 1 spiro atoms. The summed E-state index contributed by atoms with van der Waals surface area (Å²) >= 11 is 1.78.